The predicted octanol–water partition coefficient (Wildman–Crippen LogP) is 6.69. The lowest BCUT2D eigenvalue weighted by atomic mass is 9.92. The fraction of sp³-hybridized carbons (Fsp3) is 0.600. The van der Waals surface area contributed by atoms with Crippen molar-refractivity contribution in [3.8, 4) is 5.75 Å². The minimum absolute atomic E-state index is 0.803. The van der Waals surface area contributed by atoms with Gasteiger partial charge in [0.15, 0.2) is 0 Å². The van der Waals surface area contributed by atoms with E-state index in [0.717, 1.165) is 11.7 Å². The highest BCUT2D eigenvalue weighted by molar-refractivity contribution is 7.19. The van der Waals surface area contributed by atoms with Gasteiger partial charge in [-0.1, -0.05) is 39.0 Å². The lowest BCUT2D eigenvalue weighted by Crippen LogP contribution is -1.99. The van der Waals surface area contributed by atoms with Gasteiger partial charge in [0.2, 0.25) is 0 Å². The van der Waals surface area contributed by atoms with Gasteiger partial charge in [-0.25, -0.2) is 0 Å². The van der Waals surface area contributed by atoms with Gasteiger partial charge in [-0.3, -0.25) is 0 Å². The van der Waals surface area contributed by atoms with E-state index in [1.54, 1.807) is 17.6 Å². The summed E-state index contributed by atoms with van der Waals surface area (Å²) in [5.41, 5.74) is 1.65. The normalized spacial score (nSPS) is 16.8. The number of methoxy groups -OCH3 is 1. The zero-order chi connectivity index (χ0) is 15.4. The molecule has 1 heterocycles. The van der Waals surface area contributed by atoms with Gasteiger partial charge in [0, 0.05) is 9.58 Å². The SMILES string of the molecule is CCCCc1c(C2CCCCCC2)sc2cc(OC)ccc12. The summed E-state index contributed by atoms with van der Waals surface area (Å²) in [6.07, 6.45) is 12.3. The van der Waals surface area contributed by atoms with Crippen molar-refractivity contribution in [2.75, 3.05) is 7.11 Å². The largest absolute Gasteiger partial charge is 0.497 e. The number of benzene rings is 1. The molecular weight excluding hydrogens is 288 g/mol. The predicted molar refractivity (Wildman–Crippen MR) is 97.4 cm³/mol. The number of hydrogen-bond donors (Lipinski definition) is 0. The Labute approximate surface area is 138 Å². The van der Waals surface area contributed by atoms with Gasteiger partial charge in [0.05, 0.1) is 7.11 Å². The van der Waals surface area contributed by atoms with E-state index < -0.39 is 0 Å². The van der Waals surface area contributed by atoms with Crippen LogP contribution in [0.2, 0.25) is 0 Å². The second-order valence-corrected chi connectivity index (χ2v) is 7.68. The van der Waals surface area contributed by atoms with Crippen LogP contribution in [0.15, 0.2) is 18.2 Å². The molecule has 0 atom stereocenters. The smallest absolute Gasteiger partial charge is 0.120 e. The molecule has 1 nitrogen and oxygen atoms in total. The van der Waals surface area contributed by atoms with E-state index in [9.17, 15) is 0 Å². The molecule has 0 saturated heterocycles. The molecule has 3 rings (SSSR count). The Balaban J connectivity index is 2.01. The van der Waals surface area contributed by atoms with Gasteiger partial charge in [0.25, 0.3) is 0 Å². The van der Waals surface area contributed by atoms with Crippen LogP contribution in [0.5, 0.6) is 5.75 Å². The number of unbranched alkanes of at least 4 members (excludes halogenated alkanes) is 1. The number of rotatable bonds is 5. The van der Waals surface area contributed by atoms with Crippen LogP contribution >= 0.6 is 11.3 Å². The Morgan fingerprint density at radius 3 is 2.59 bits per heavy atom. The summed E-state index contributed by atoms with van der Waals surface area (Å²) in [6, 6.07) is 6.65. The third-order valence-electron chi connectivity index (χ3n) is 5.04. The van der Waals surface area contributed by atoms with Crippen LogP contribution in [-0.4, -0.2) is 7.11 Å². The van der Waals surface area contributed by atoms with Crippen molar-refractivity contribution in [3.63, 3.8) is 0 Å². The molecule has 1 aliphatic carbocycles. The van der Waals surface area contributed by atoms with Crippen LogP contribution in [0.1, 0.15) is 74.6 Å². The first-order valence-electron chi connectivity index (χ1n) is 8.92. The molecular formula is C20H28OS. The van der Waals surface area contributed by atoms with Gasteiger partial charge in [-0.2, -0.15) is 0 Å². The van der Waals surface area contributed by atoms with Gasteiger partial charge in [-0.05, 0) is 60.7 Å². The maximum atomic E-state index is 5.42. The van der Waals surface area contributed by atoms with Crippen molar-refractivity contribution in [1.82, 2.24) is 0 Å². The standard InChI is InChI=1S/C20H28OS/c1-3-4-11-18-17-13-12-16(21-2)14-19(17)22-20(18)15-9-7-5-6-8-10-15/h12-15H,3-11H2,1-2H3. The first kappa shape index (κ1) is 15.9. The summed E-state index contributed by atoms with van der Waals surface area (Å²) in [7, 11) is 1.76. The topological polar surface area (TPSA) is 9.23 Å². The average Bonchev–Trinajstić information content (AvgIpc) is 2.73. The van der Waals surface area contributed by atoms with E-state index >= 15 is 0 Å². The molecule has 1 aromatic heterocycles. The van der Waals surface area contributed by atoms with Crippen molar-refractivity contribution >= 4 is 21.4 Å². The van der Waals surface area contributed by atoms with E-state index in [2.05, 4.69) is 25.1 Å². The number of thiophene rings is 1. The molecule has 1 saturated carbocycles. The zero-order valence-corrected chi connectivity index (χ0v) is 14.8. The molecule has 0 N–H and O–H groups in total. The van der Waals surface area contributed by atoms with Crippen molar-refractivity contribution in [2.45, 2.75) is 70.6 Å². The first-order valence-corrected chi connectivity index (χ1v) is 9.74. The highest BCUT2D eigenvalue weighted by atomic mass is 32.1. The second kappa shape index (κ2) is 7.50. The Bertz CT molecular complexity index is 605. The lowest BCUT2D eigenvalue weighted by molar-refractivity contribution is 0.415. The Morgan fingerprint density at radius 2 is 1.91 bits per heavy atom. The first-order chi connectivity index (χ1) is 10.8. The molecule has 1 aliphatic rings. The molecule has 1 aromatic carbocycles. The molecule has 0 amide bonds. The van der Waals surface area contributed by atoms with E-state index in [4.69, 9.17) is 4.74 Å². The monoisotopic (exact) mass is 316 g/mol. The highest BCUT2D eigenvalue weighted by Crippen LogP contribution is 2.43. The maximum Gasteiger partial charge on any atom is 0.120 e. The van der Waals surface area contributed by atoms with Crippen molar-refractivity contribution in [3.05, 3.63) is 28.6 Å². The van der Waals surface area contributed by atoms with Crippen LogP contribution in [0.25, 0.3) is 10.1 Å². The maximum absolute atomic E-state index is 5.42. The Morgan fingerprint density at radius 1 is 1.14 bits per heavy atom. The number of hydrogen-bond acceptors (Lipinski definition) is 2. The lowest BCUT2D eigenvalue weighted by Gasteiger charge is -2.15. The van der Waals surface area contributed by atoms with Gasteiger partial charge in [0.1, 0.15) is 5.75 Å². The summed E-state index contributed by atoms with van der Waals surface area (Å²) in [5, 5.41) is 1.48. The highest BCUT2D eigenvalue weighted by Gasteiger charge is 2.21. The van der Waals surface area contributed by atoms with E-state index in [1.807, 2.05) is 11.3 Å². The number of aryl methyl sites for hydroxylation is 1. The van der Waals surface area contributed by atoms with Crippen LogP contribution in [0.4, 0.5) is 0 Å². The quantitative estimate of drug-likeness (QED) is 0.558. The molecule has 1 fully saturated rings. The molecule has 22 heavy (non-hydrogen) atoms. The summed E-state index contributed by atoms with van der Waals surface area (Å²) < 4.78 is 6.85. The molecule has 2 aromatic rings. The minimum Gasteiger partial charge on any atom is -0.497 e. The average molecular weight is 317 g/mol. The van der Waals surface area contributed by atoms with Crippen molar-refractivity contribution in [2.24, 2.45) is 0 Å². The van der Waals surface area contributed by atoms with Crippen LogP contribution in [0, 0.1) is 0 Å². The Kier molecular flexibility index (Phi) is 5.41. The van der Waals surface area contributed by atoms with Crippen molar-refractivity contribution < 1.29 is 4.74 Å². The molecule has 120 valence electrons. The molecule has 0 unspecified atom stereocenters. The Hall–Kier alpha value is -1.02. The summed E-state index contributed by atoms with van der Waals surface area (Å²) >= 11 is 2.04. The molecule has 0 aliphatic heterocycles. The molecule has 0 bridgehead atoms. The van der Waals surface area contributed by atoms with Gasteiger partial charge < -0.3 is 4.74 Å². The second-order valence-electron chi connectivity index (χ2n) is 6.60. The summed E-state index contributed by atoms with van der Waals surface area (Å²) in [5.74, 6) is 1.79. The minimum atomic E-state index is 0.803. The van der Waals surface area contributed by atoms with Crippen LogP contribution in [0.3, 0.4) is 0 Å². The van der Waals surface area contributed by atoms with Crippen LogP contribution in [-0.2, 0) is 6.42 Å². The molecule has 0 spiro atoms. The fourth-order valence-electron chi connectivity index (χ4n) is 3.76. The number of ether oxygens (including phenoxy) is 1. The third kappa shape index (κ3) is 3.32. The van der Waals surface area contributed by atoms with E-state index in [0.29, 0.717) is 0 Å². The molecule has 0 radical (unpaired) electrons. The fourth-order valence-corrected chi connectivity index (χ4v) is 5.21. The van der Waals surface area contributed by atoms with Gasteiger partial charge in [-0.15, -0.1) is 11.3 Å². The summed E-state index contributed by atoms with van der Waals surface area (Å²) in [4.78, 5) is 1.69. The number of fused-ring (bicyclic) bond motifs is 1. The zero-order valence-electron chi connectivity index (χ0n) is 14.0. The van der Waals surface area contributed by atoms with Crippen LogP contribution < -0.4 is 4.74 Å². The van der Waals surface area contributed by atoms with Gasteiger partial charge >= 0.3 is 0 Å². The van der Waals surface area contributed by atoms with E-state index in [-0.39, 0.29) is 0 Å². The van der Waals surface area contributed by atoms with E-state index in [1.165, 1.54) is 67.9 Å². The third-order valence-corrected chi connectivity index (χ3v) is 6.39. The van der Waals surface area contributed by atoms with Crippen molar-refractivity contribution in [1.29, 1.82) is 0 Å². The summed E-state index contributed by atoms with van der Waals surface area (Å²) in [6.45, 7) is 2.29. The molecule has 2 heteroatoms.